The van der Waals surface area contributed by atoms with Gasteiger partial charge in [0.25, 0.3) is 0 Å². The molecule has 0 spiro atoms. The topological polar surface area (TPSA) is 30.2 Å². The van der Waals surface area contributed by atoms with Gasteiger partial charge in [-0.05, 0) is 36.4 Å². The molecule has 0 radical (unpaired) electrons. The number of fused-ring (bicyclic) bond motifs is 1. The van der Waals surface area contributed by atoms with Gasteiger partial charge >= 0.3 is 0 Å². The molecule has 0 aliphatic heterocycles. The average Bonchev–Trinajstić information content (AvgIpc) is 2.43. The molecule has 2 aromatic carbocycles. The van der Waals surface area contributed by atoms with Crippen LogP contribution in [0.4, 0.5) is 8.78 Å². The van der Waals surface area contributed by atoms with Crippen LogP contribution in [0.2, 0.25) is 0 Å². The van der Waals surface area contributed by atoms with Crippen molar-refractivity contribution >= 4 is 26.9 Å². The Morgan fingerprint density at radius 1 is 1.00 bits per heavy atom. The second-order valence-corrected chi connectivity index (χ2v) is 5.16. The molecule has 3 aromatic rings. The molecule has 0 unspecified atom stereocenters. The number of benzene rings is 2. The molecule has 0 atom stereocenters. The van der Waals surface area contributed by atoms with Crippen LogP contribution >= 0.6 is 15.9 Å². The molecule has 0 saturated carbocycles. The van der Waals surface area contributed by atoms with Crippen LogP contribution in [0.3, 0.4) is 0 Å². The molecule has 100 valence electrons. The predicted octanol–water partition coefficient (Wildman–Crippen LogP) is 4.50. The third-order valence-electron chi connectivity index (χ3n) is 2.95. The Morgan fingerprint density at radius 2 is 1.80 bits per heavy atom. The van der Waals surface area contributed by atoms with Gasteiger partial charge in [-0.15, -0.1) is 0 Å². The van der Waals surface area contributed by atoms with Crippen LogP contribution in [0.1, 0.15) is 0 Å². The molecular weight excluding hydrogens is 330 g/mol. The Bertz CT molecular complexity index is 871. The number of hydrogen-bond acceptors (Lipinski definition) is 2. The lowest BCUT2D eigenvalue weighted by atomic mass is 10.0. The summed E-state index contributed by atoms with van der Waals surface area (Å²) in [5, 5.41) is 0.306. The first-order valence-electron chi connectivity index (χ1n) is 5.73. The van der Waals surface area contributed by atoms with Crippen molar-refractivity contribution in [3.8, 4) is 11.1 Å². The van der Waals surface area contributed by atoms with Crippen molar-refractivity contribution in [3.63, 3.8) is 0 Å². The molecule has 0 saturated heterocycles. The van der Waals surface area contributed by atoms with Crippen LogP contribution in [0.15, 0.2) is 56.3 Å². The SMILES string of the molecule is O=c1c(-c2cc(F)ccc2F)coc2ccc(Br)cc12. The van der Waals surface area contributed by atoms with E-state index in [-0.39, 0.29) is 11.1 Å². The zero-order chi connectivity index (χ0) is 14.3. The molecule has 1 aromatic heterocycles. The van der Waals surface area contributed by atoms with Crippen molar-refractivity contribution < 1.29 is 13.2 Å². The van der Waals surface area contributed by atoms with E-state index in [2.05, 4.69) is 15.9 Å². The molecule has 3 rings (SSSR count). The van der Waals surface area contributed by atoms with E-state index in [1.54, 1.807) is 18.2 Å². The van der Waals surface area contributed by atoms with E-state index >= 15 is 0 Å². The Balaban J connectivity index is 2.35. The minimum absolute atomic E-state index is 0.00685. The first-order chi connectivity index (χ1) is 9.56. The molecule has 0 aliphatic rings. The van der Waals surface area contributed by atoms with Crippen molar-refractivity contribution in [3.05, 3.63) is 69.0 Å². The molecule has 2 nitrogen and oxygen atoms in total. The standard InChI is InChI=1S/C15H7BrF2O2/c16-8-1-4-14-11(5-8)15(19)12(7-20-14)10-6-9(17)2-3-13(10)18/h1-7H. The smallest absolute Gasteiger partial charge is 0.200 e. The molecule has 0 N–H and O–H groups in total. The summed E-state index contributed by atoms with van der Waals surface area (Å²) in [5.41, 5.74) is -0.135. The number of halogens is 3. The van der Waals surface area contributed by atoms with Crippen molar-refractivity contribution in [2.75, 3.05) is 0 Å². The van der Waals surface area contributed by atoms with E-state index < -0.39 is 17.1 Å². The van der Waals surface area contributed by atoms with Gasteiger partial charge in [0.05, 0.1) is 10.9 Å². The summed E-state index contributed by atoms with van der Waals surface area (Å²) in [4.78, 5) is 12.4. The summed E-state index contributed by atoms with van der Waals surface area (Å²) in [5.74, 6) is -1.29. The van der Waals surface area contributed by atoms with Gasteiger partial charge in [-0.3, -0.25) is 4.79 Å². The zero-order valence-electron chi connectivity index (χ0n) is 9.99. The third kappa shape index (κ3) is 2.14. The van der Waals surface area contributed by atoms with Gasteiger partial charge in [0.15, 0.2) is 0 Å². The highest BCUT2D eigenvalue weighted by atomic mass is 79.9. The fourth-order valence-corrected chi connectivity index (χ4v) is 2.35. The highest BCUT2D eigenvalue weighted by molar-refractivity contribution is 9.10. The fourth-order valence-electron chi connectivity index (χ4n) is 1.99. The van der Waals surface area contributed by atoms with E-state index in [1.165, 1.54) is 0 Å². The molecule has 0 aliphatic carbocycles. The van der Waals surface area contributed by atoms with Gasteiger partial charge in [0.2, 0.25) is 5.43 Å². The summed E-state index contributed by atoms with van der Waals surface area (Å²) < 4.78 is 33.0. The maximum Gasteiger partial charge on any atom is 0.200 e. The summed E-state index contributed by atoms with van der Waals surface area (Å²) in [6.07, 6.45) is 1.15. The minimum Gasteiger partial charge on any atom is -0.463 e. The van der Waals surface area contributed by atoms with Crippen molar-refractivity contribution in [1.29, 1.82) is 0 Å². The van der Waals surface area contributed by atoms with E-state index in [9.17, 15) is 13.6 Å². The maximum absolute atomic E-state index is 13.8. The number of rotatable bonds is 1. The molecule has 0 fully saturated rings. The highest BCUT2D eigenvalue weighted by Crippen LogP contribution is 2.24. The van der Waals surface area contributed by atoms with Crippen molar-refractivity contribution in [2.24, 2.45) is 0 Å². The van der Waals surface area contributed by atoms with Gasteiger partial charge in [-0.2, -0.15) is 0 Å². The first-order valence-corrected chi connectivity index (χ1v) is 6.52. The van der Waals surface area contributed by atoms with E-state index in [0.717, 1.165) is 24.5 Å². The molecule has 1 heterocycles. The van der Waals surface area contributed by atoms with Crippen LogP contribution < -0.4 is 5.43 Å². The van der Waals surface area contributed by atoms with E-state index in [1.807, 2.05) is 0 Å². The Labute approximate surface area is 120 Å². The molecule has 0 bridgehead atoms. The lowest BCUT2D eigenvalue weighted by Gasteiger charge is -2.04. The minimum atomic E-state index is -0.673. The van der Waals surface area contributed by atoms with Gasteiger partial charge in [0.1, 0.15) is 23.5 Å². The van der Waals surface area contributed by atoms with Gasteiger partial charge in [-0.25, -0.2) is 8.78 Å². The second kappa shape index (κ2) is 4.83. The van der Waals surface area contributed by atoms with Crippen LogP contribution in [0.5, 0.6) is 0 Å². The normalized spacial score (nSPS) is 10.9. The predicted molar refractivity (Wildman–Crippen MR) is 75.5 cm³/mol. The van der Waals surface area contributed by atoms with Gasteiger partial charge in [0, 0.05) is 10.0 Å². The van der Waals surface area contributed by atoms with Gasteiger partial charge < -0.3 is 4.42 Å². The van der Waals surface area contributed by atoms with Crippen LogP contribution in [-0.4, -0.2) is 0 Å². The summed E-state index contributed by atoms with van der Waals surface area (Å²) in [6, 6.07) is 7.90. The molecule has 0 amide bonds. The summed E-state index contributed by atoms with van der Waals surface area (Å²) in [7, 11) is 0. The summed E-state index contributed by atoms with van der Waals surface area (Å²) >= 11 is 3.26. The number of hydrogen-bond donors (Lipinski definition) is 0. The third-order valence-corrected chi connectivity index (χ3v) is 3.45. The molecular formula is C15H7BrF2O2. The quantitative estimate of drug-likeness (QED) is 0.654. The lowest BCUT2D eigenvalue weighted by molar-refractivity contribution is 0.593. The van der Waals surface area contributed by atoms with E-state index in [0.29, 0.717) is 15.4 Å². The highest BCUT2D eigenvalue weighted by Gasteiger charge is 2.13. The van der Waals surface area contributed by atoms with Gasteiger partial charge in [-0.1, -0.05) is 15.9 Å². The van der Waals surface area contributed by atoms with Crippen LogP contribution in [0.25, 0.3) is 22.1 Å². The maximum atomic E-state index is 13.8. The Morgan fingerprint density at radius 3 is 2.60 bits per heavy atom. The van der Waals surface area contributed by atoms with Crippen LogP contribution in [0, 0.1) is 11.6 Å². The largest absolute Gasteiger partial charge is 0.463 e. The first kappa shape index (κ1) is 13.0. The molecule has 5 heteroatoms. The second-order valence-electron chi connectivity index (χ2n) is 4.24. The fraction of sp³-hybridized carbons (Fsp3) is 0. The Hall–Kier alpha value is -2.01. The lowest BCUT2D eigenvalue weighted by Crippen LogP contribution is -2.06. The monoisotopic (exact) mass is 336 g/mol. The average molecular weight is 337 g/mol. The van der Waals surface area contributed by atoms with E-state index in [4.69, 9.17) is 4.42 Å². The van der Waals surface area contributed by atoms with Crippen molar-refractivity contribution in [2.45, 2.75) is 0 Å². The summed E-state index contributed by atoms with van der Waals surface area (Å²) in [6.45, 7) is 0. The zero-order valence-corrected chi connectivity index (χ0v) is 11.6. The van der Waals surface area contributed by atoms with Crippen LogP contribution in [-0.2, 0) is 0 Å². The molecule has 20 heavy (non-hydrogen) atoms. The Kier molecular flexibility index (Phi) is 3.14. The van der Waals surface area contributed by atoms with Crippen molar-refractivity contribution in [1.82, 2.24) is 0 Å².